The molecule has 0 radical (unpaired) electrons. The Morgan fingerprint density at radius 1 is 1.15 bits per heavy atom. The topological polar surface area (TPSA) is 29.5 Å². The number of rotatable bonds is 6. The lowest BCUT2D eigenvalue weighted by Gasteiger charge is -2.30. The minimum Gasteiger partial charge on any atom is -0.388 e. The van der Waals surface area contributed by atoms with Crippen LogP contribution in [0.4, 0.5) is 30.7 Å². The van der Waals surface area contributed by atoms with Gasteiger partial charge in [-0.05, 0) is 73.3 Å². The van der Waals surface area contributed by atoms with Crippen LogP contribution in [0.3, 0.4) is 0 Å². The molecule has 188 valence electrons. The van der Waals surface area contributed by atoms with Crippen molar-refractivity contribution in [2.24, 2.45) is 0 Å². The molecular formula is C24H25F7O2S. The smallest absolute Gasteiger partial charge is 0.388 e. The van der Waals surface area contributed by atoms with Crippen LogP contribution in [0.15, 0.2) is 29.2 Å². The van der Waals surface area contributed by atoms with Gasteiger partial charge in [0.1, 0.15) is 17.7 Å². The normalized spacial score (nSPS) is 18.8. The van der Waals surface area contributed by atoms with Gasteiger partial charge < -0.3 is 9.84 Å². The standard InChI is InChI=1S/C24H25F7O2S/c1-5-18(32)15-9-13(25)10-17(26)14(15)8-12-6-7-19(34-24(29,30)31)20-16(12)11-23(27,28)21(20)33-22(2,3)4/h6-7,9-10,18,21,32H,5,8,11H2,1-4H3/t18-,21?/m1/s1. The molecule has 0 heterocycles. The summed E-state index contributed by atoms with van der Waals surface area (Å²) in [6.45, 7) is 6.17. The summed E-state index contributed by atoms with van der Waals surface area (Å²) in [6.07, 6.45) is -4.18. The Bertz CT molecular complexity index is 1060. The summed E-state index contributed by atoms with van der Waals surface area (Å²) in [4.78, 5) is -0.411. The van der Waals surface area contributed by atoms with E-state index in [1.165, 1.54) is 26.8 Å². The van der Waals surface area contributed by atoms with Crippen LogP contribution in [-0.2, 0) is 17.6 Å². The molecule has 10 heteroatoms. The number of fused-ring (bicyclic) bond motifs is 1. The molecule has 1 N–H and O–H groups in total. The largest absolute Gasteiger partial charge is 0.446 e. The molecule has 2 nitrogen and oxygen atoms in total. The summed E-state index contributed by atoms with van der Waals surface area (Å²) < 4.78 is 104. The molecule has 1 aliphatic rings. The highest BCUT2D eigenvalue weighted by atomic mass is 32.2. The average Bonchev–Trinajstić information content (AvgIpc) is 2.93. The fraction of sp³-hybridized carbons (Fsp3) is 0.500. The van der Waals surface area contributed by atoms with Gasteiger partial charge in [0.15, 0.2) is 0 Å². The number of hydrogen-bond acceptors (Lipinski definition) is 3. The summed E-state index contributed by atoms with van der Waals surface area (Å²) in [5.41, 5.74) is -6.11. The van der Waals surface area contributed by atoms with Crippen molar-refractivity contribution in [2.75, 3.05) is 0 Å². The van der Waals surface area contributed by atoms with Crippen LogP contribution in [0.2, 0.25) is 0 Å². The van der Waals surface area contributed by atoms with E-state index in [9.17, 15) is 27.1 Å². The SMILES string of the molecule is CC[C@@H](O)c1cc(F)cc(F)c1Cc1ccc(SC(F)(F)F)c2c1CC(F)(F)C2OC(C)(C)C. The highest BCUT2D eigenvalue weighted by Gasteiger charge is 2.52. The molecule has 0 amide bonds. The second kappa shape index (κ2) is 9.35. The lowest BCUT2D eigenvalue weighted by molar-refractivity contribution is -0.174. The van der Waals surface area contributed by atoms with Crippen LogP contribution < -0.4 is 0 Å². The van der Waals surface area contributed by atoms with Crippen LogP contribution in [0.25, 0.3) is 0 Å². The number of aliphatic hydroxyl groups excluding tert-OH is 1. The maximum atomic E-state index is 15.1. The molecule has 0 aromatic heterocycles. The van der Waals surface area contributed by atoms with Gasteiger partial charge in [-0.3, -0.25) is 0 Å². The zero-order valence-electron chi connectivity index (χ0n) is 19.0. The fourth-order valence-electron chi connectivity index (χ4n) is 4.12. The Balaban J connectivity index is 2.18. The number of ether oxygens (including phenoxy) is 1. The van der Waals surface area contributed by atoms with Crippen molar-refractivity contribution < 1.29 is 40.6 Å². The molecular weight excluding hydrogens is 485 g/mol. The molecule has 1 aliphatic carbocycles. The zero-order valence-corrected chi connectivity index (χ0v) is 19.8. The Morgan fingerprint density at radius 2 is 1.79 bits per heavy atom. The van der Waals surface area contributed by atoms with Crippen molar-refractivity contribution in [2.45, 2.75) is 81.1 Å². The van der Waals surface area contributed by atoms with E-state index in [0.29, 0.717) is 6.07 Å². The molecule has 2 atom stereocenters. The number of aliphatic hydroxyl groups is 1. The van der Waals surface area contributed by atoms with Crippen LogP contribution in [-0.4, -0.2) is 22.1 Å². The molecule has 0 bridgehead atoms. The van der Waals surface area contributed by atoms with Gasteiger partial charge in [-0.25, -0.2) is 17.6 Å². The third-order valence-electron chi connectivity index (χ3n) is 5.48. The quantitative estimate of drug-likeness (QED) is 0.320. The van der Waals surface area contributed by atoms with Gasteiger partial charge in [-0.2, -0.15) is 13.2 Å². The van der Waals surface area contributed by atoms with Crippen molar-refractivity contribution in [3.8, 4) is 0 Å². The van der Waals surface area contributed by atoms with Crippen LogP contribution >= 0.6 is 11.8 Å². The lowest BCUT2D eigenvalue weighted by Crippen LogP contribution is -2.32. The molecule has 2 aromatic carbocycles. The van der Waals surface area contributed by atoms with Crippen molar-refractivity contribution in [3.63, 3.8) is 0 Å². The van der Waals surface area contributed by atoms with Crippen molar-refractivity contribution >= 4 is 11.8 Å². The second-order valence-electron chi connectivity index (χ2n) is 9.27. The molecule has 3 rings (SSSR count). The van der Waals surface area contributed by atoms with E-state index in [0.717, 1.165) is 12.1 Å². The summed E-state index contributed by atoms with van der Waals surface area (Å²) in [6, 6.07) is 3.91. The molecule has 2 aromatic rings. The van der Waals surface area contributed by atoms with Gasteiger partial charge in [0.2, 0.25) is 0 Å². The predicted octanol–water partition coefficient (Wildman–Crippen LogP) is 7.66. The molecule has 0 saturated carbocycles. The first kappa shape index (κ1) is 26.8. The number of halogens is 7. The molecule has 34 heavy (non-hydrogen) atoms. The number of alkyl halides is 5. The molecule has 0 fully saturated rings. The van der Waals surface area contributed by atoms with E-state index < -0.39 is 64.0 Å². The monoisotopic (exact) mass is 510 g/mol. The summed E-state index contributed by atoms with van der Waals surface area (Å²) >= 11 is -0.509. The van der Waals surface area contributed by atoms with Crippen LogP contribution in [0.5, 0.6) is 0 Å². The number of hydrogen-bond donors (Lipinski definition) is 1. The first-order valence-corrected chi connectivity index (χ1v) is 11.5. The van der Waals surface area contributed by atoms with Crippen LogP contribution in [0.1, 0.15) is 74.1 Å². The van der Waals surface area contributed by atoms with E-state index in [1.54, 1.807) is 6.92 Å². The maximum absolute atomic E-state index is 15.1. The molecule has 0 saturated heterocycles. The first-order valence-electron chi connectivity index (χ1n) is 10.6. The number of benzene rings is 2. The van der Waals surface area contributed by atoms with Crippen molar-refractivity contribution in [1.82, 2.24) is 0 Å². The first-order chi connectivity index (χ1) is 15.5. The Kier molecular flexibility index (Phi) is 7.38. The van der Waals surface area contributed by atoms with E-state index in [2.05, 4.69) is 0 Å². The van der Waals surface area contributed by atoms with Gasteiger partial charge in [-0.15, -0.1) is 0 Å². The molecule has 0 aliphatic heterocycles. The van der Waals surface area contributed by atoms with E-state index in [1.807, 2.05) is 0 Å². The maximum Gasteiger partial charge on any atom is 0.446 e. The second-order valence-corrected chi connectivity index (χ2v) is 10.4. The minimum atomic E-state index is -4.72. The molecule has 0 spiro atoms. The van der Waals surface area contributed by atoms with Gasteiger partial charge in [-0.1, -0.05) is 13.0 Å². The van der Waals surface area contributed by atoms with Gasteiger partial charge in [0.25, 0.3) is 5.92 Å². The highest BCUT2D eigenvalue weighted by Crippen LogP contribution is 2.53. The minimum absolute atomic E-state index is 0.0326. The Hall–Kier alpha value is -1.78. The van der Waals surface area contributed by atoms with E-state index in [-0.39, 0.29) is 40.7 Å². The van der Waals surface area contributed by atoms with E-state index >= 15 is 8.78 Å². The molecule has 1 unspecified atom stereocenters. The third-order valence-corrected chi connectivity index (χ3v) is 6.28. The fourth-order valence-corrected chi connectivity index (χ4v) is 4.85. The number of thioether (sulfide) groups is 1. The van der Waals surface area contributed by atoms with Gasteiger partial charge >= 0.3 is 5.51 Å². The highest BCUT2D eigenvalue weighted by molar-refractivity contribution is 8.00. The Morgan fingerprint density at radius 3 is 2.35 bits per heavy atom. The van der Waals surface area contributed by atoms with E-state index in [4.69, 9.17) is 4.74 Å². The van der Waals surface area contributed by atoms with Gasteiger partial charge in [0.05, 0.1) is 11.7 Å². The average molecular weight is 511 g/mol. The summed E-state index contributed by atoms with van der Waals surface area (Å²) in [5.74, 6) is -5.38. The zero-order chi connectivity index (χ0) is 25.6. The predicted molar refractivity (Wildman–Crippen MR) is 115 cm³/mol. The van der Waals surface area contributed by atoms with Gasteiger partial charge in [0, 0.05) is 29.4 Å². The lowest BCUT2D eigenvalue weighted by atomic mass is 9.91. The van der Waals surface area contributed by atoms with Crippen molar-refractivity contribution in [1.29, 1.82) is 0 Å². The summed E-state index contributed by atoms with van der Waals surface area (Å²) in [5, 5.41) is 10.3. The van der Waals surface area contributed by atoms with Crippen LogP contribution in [0, 0.1) is 11.6 Å². The van der Waals surface area contributed by atoms with Crippen molar-refractivity contribution in [3.05, 3.63) is 63.7 Å². The third kappa shape index (κ3) is 5.88. The summed E-state index contributed by atoms with van der Waals surface area (Å²) in [7, 11) is 0. The Labute approximate surface area is 197 Å².